The number of nitrogens with one attached hydrogen (secondary N) is 1. The molecular formula is C11H10N2O4. The molecule has 0 unspecified atom stereocenters. The first-order valence-corrected chi connectivity index (χ1v) is 4.61. The van der Waals surface area contributed by atoms with Gasteiger partial charge in [-0.05, 0) is 12.1 Å². The second kappa shape index (κ2) is 6.06. The lowest BCUT2D eigenvalue weighted by Gasteiger charge is -1.81. The maximum atomic E-state index is 9.55. The molecule has 0 saturated carbocycles. The molecule has 17 heavy (non-hydrogen) atoms. The molecule has 1 heterocycles. The Labute approximate surface area is 96.2 Å². The Kier molecular flexibility index (Phi) is 4.44. The van der Waals surface area contributed by atoms with Crippen LogP contribution in [0, 0.1) is 0 Å². The van der Waals surface area contributed by atoms with E-state index in [1.54, 1.807) is 6.33 Å². The maximum Gasteiger partial charge on any atom is 0.328 e. The number of benzene rings is 1. The highest BCUT2D eigenvalue weighted by atomic mass is 16.4. The third kappa shape index (κ3) is 4.61. The van der Waals surface area contributed by atoms with Crippen LogP contribution in [0.1, 0.15) is 0 Å². The second-order valence-electron chi connectivity index (χ2n) is 2.93. The number of rotatable bonds is 2. The fraction of sp³-hybridized carbons (Fsp3) is 0. The van der Waals surface area contributed by atoms with Crippen molar-refractivity contribution >= 4 is 23.0 Å². The third-order valence-electron chi connectivity index (χ3n) is 1.70. The Morgan fingerprint density at radius 1 is 1.12 bits per heavy atom. The molecular weight excluding hydrogens is 224 g/mol. The van der Waals surface area contributed by atoms with Crippen LogP contribution >= 0.6 is 0 Å². The highest BCUT2D eigenvalue weighted by Gasteiger charge is 1.88. The van der Waals surface area contributed by atoms with Gasteiger partial charge in [0.1, 0.15) is 0 Å². The molecule has 6 nitrogen and oxygen atoms in total. The Morgan fingerprint density at radius 2 is 1.71 bits per heavy atom. The highest BCUT2D eigenvalue weighted by Crippen LogP contribution is 2.05. The monoisotopic (exact) mass is 234 g/mol. The molecule has 2 aromatic rings. The van der Waals surface area contributed by atoms with Crippen molar-refractivity contribution in [3.05, 3.63) is 42.7 Å². The second-order valence-corrected chi connectivity index (χ2v) is 2.93. The molecule has 1 aromatic carbocycles. The Morgan fingerprint density at radius 3 is 2.24 bits per heavy atom. The number of aromatic nitrogens is 2. The van der Waals surface area contributed by atoms with E-state index in [1.807, 2.05) is 24.3 Å². The predicted octanol–water partition coefficient (Wildman–Crippen LogP) is 1.27. The number of carboxylic acids is 2. The molecule has 0 fully saturated rings. The number of carbonyl (C=O) groups is 2. The minimum absolute atomic E-state index is 0.558. The van der Waals surface area contributed by atoms with Crippen molar-refractivity contribution in [3.63, 3.8) is 0 Å². The van der Waals surface area contributed by atoms with Gasteiger partial charge in [0.25, 0.3) is 0 Å². The first-order valence-electron chi connectivity index (χ1n) is 4.61. The van der Waals surface area contributed by atoms with E-state index in [1.165, 1.54) is 0 Å². The molecule has 88 valence electrons. The number of fused-ring (bicyclic) bond motifs is 1. The van der Waals surface area contributed by atoms with Crippen LogP contribution in [0.5, 0.6) is 0 Å². The van der Waals surface area contributed by atoms with Crippen molar-refractivity contribution in [1.82, 2.24) is 9.97 Å². The van der Waals surface area contributed by atoms with Crippen molar-refractivity contribution in [2.45, 2.75) is 0 Å². The average Bonchev–Trinajstić information content (AvgIpc) is 2.75. The van der Waals surface area contributed by atoms with E-state index in [9.17, 15) is 9.59 Å². The Hall–Kier alpha value is -2.63. The summed E-state index contributed by atoms with van der Waals surface area (Å²) < 4.78 is 0. The van der Waals surface area contributed by atoms with Gasteiger partial charge in [0.2, 0.25) is 0 Å². The van der Waals surface area contributed by atoms with Crippen molar-refractivity contribution in [2.24, 2.45) is 0 Å². The minimum Gasteiger partial charge on any atom is -0.478 e. The van der Waals surface area contributed by atoms with E-state index in [0.717, 1.165) is 11.0 Å². The minimum atomic E-state index is -1.26. The topological polar surface area (TPSA) is 103 Å². The summed E-state index contributed by atoms with van der Waals surface area (Å²) in [5, 5.41) is 15.6. The zero-order valence-corrected chi connectivity index (χ0v) is 8.70. The molecule has 0 aliphatic rings. The maximum absolute atomic E-state index is 9.55. The zero-order chi connectivity index (χ0) is 12.7. The van der Waals surface area contributed by atoms with Crippen molar-refractivity contribution in [1.29, 1.82) is 0 Å². The number of H-pyrrole nitrogens is 1. The van der Waals surface area contributed by atoms with Crippen LogP contribution in [-0.2, 0) is 9.59 Å². The highest BCUT2D eigenvalue weighted by molar-refractivity contribution is 5.89. The summed E-state index contributed by atoms with van der Waals surface area (Å²) >= 11 is 0. The molecule has 6 heteroatoms. The molecule has 0 radical (unpaired) electrons. The number of imidazole rings is 1. The van der Waals surface area contributed by atoms with Crippen LogP contribution in [0.25, 0.3) is 11.0 Å². The number of carboxylic acid groups (broad SMARTS) is 2. The van der Waals surface area contributed by atoms with Gasteiger partial charge >= 0.3 is 11.9 Å². The fourth-order valence-corrected chi connectivity index (χ4v) is 1.02. The summed E-state index contributed by atoms with van der Waals surface area (Å²) in [5.41, 5.74) is 2.12. The third-order valence-corrected chi connectivity index (χ3v) is 1.70. The summed E-state index contributed by atoms with van der Waals surface area (Å²) in [7, 11) is 0. The Bertz CT molecular complexity index is 499. The first-order chi connectivity index (χ1) is 8.09. The molecule has 1 aromatic heterocycles. The number of aliphatic carboxylic acids is 2. The lowest BCUT2D eigenvalue weighted by Crippen LogP contribution is -1.91. The summed E-state index contributed by atoms with van der Waals surface area (Å²) in [6.45, 7) is 0. The predicted molar refractivity (Wildman–Crippen MR) is 60.5 cm³/mol. The van der Waals surface area contributed by atoms with Crippen LogP contribution in [-0.4, -0.2) is 32.1 Å². The van der Waals surface area contributed by atoms with Gasteiger partial charge in [-0.1, -0.05) is 12.1 Å². The SMILES string of the molecule is O=C(O)C=CC(=O)O.c1ccc2[nH]cnc2c1. The summed E-state index contributed by atoms with van der Waals surface area (Å²) in [6, 6.07) is 7.94. The molecule has 0 bridgehead atoms. The van der Waals surface area contributed by atoms with E-state index >= 15 is 0 Å². The normalized spacial score (nSPS) is 9.88. The van der Waals surface area contributed by atoms with Crippen LogP contribution in [0.15, 0.2) is 42.7 Å². The van der Waals surface area contributed by atoms with Crippen LogP contribution in [0.4, 0.5) is 0 Å². The molecule has 0 amide bonds. The van der Waals surface area contributed by atoms with Gasteiger partial charge in [0.05, 0.1) is 17.4 Å². The van der Waals surface area contributed by atoms with Gasteiger partial charge in [0.15, 0.2) is 0 Å². The van der Waals surface area contributed by atoms with Crippen LogP contribution in [0.2, 0.25) is 0 Å². The van der Waals surface area contributed by atoms with Gasteiger partial charge in [-0.15, -0.1) is 0 Å². The van der Waals surface area contributed by atoms with Gasteiger partial charge in [0, 0.05) is 12.2 Å². The molecule has 2 rings (SSSR count). The smallest absolute Gasteiger partial charge is 0.328 e. The van der Waals surface area contributed by atoms with Crippen LogP contribution in [0.3, 0.4) is 0 Å². The van der Waals surface area contributed by atoms with Gasteiger partial charge in [-0.3, -0.25) is 0 Å². The standard InChI is InChI=1S/C7H6N2.C4H4O4/c1-2-4-7-6(3-1)8-5-9-7;5-3(6)1-2-4(7)8/h1-5H,(H,8,9);1-2H,(H,5,6)(H,7,8). The molecule has 3 N–H and O–H groups in total. The first kappa shape index (κ1) is 12.4. The number of hydrogen-bond donors (Lipinski definition) is 3. The van der Waals surface area contributed by atoms with E-state index in [2.05, 4.69) is 9.97 Å². The molecule has 0 aliphatic carbocycles. The molecule has 0 saturated heterocycles. The summed E-state index contributed by atoms with van der Waals surface area (Å²) in [5.74, 6) is -2.51. The summed E-state index contributed by atoms with van der Waals surface area (Å²) in [4.78, 5) is 26.2. The number of para-hydroxylation sites is 2. The Balaban J connectivity index is 0.000000172. The van der Waals surface area contributed by atoms with Crippen molar-refractivity contribution < 1.29 is 19.8 Å². The number of aromatic amines is 1. The summed E-state index contributed by atoms with van der Waals surface area (Å²) in [6.07, 6.45) is 2.81. The van der Waals surface area contributed by atoms with E-state index in [4.69, 9.17) is 10.2 Å². The molecule has 0 atom stereocenters. The van der Waals surface area contributed by atoms with Gasteiger partial charge < -0.3 is 15.2 Å². The number of hydrogen-bond acceptors (Lipinski definition) is 3. The van der Waals surface area contributed by atoms with E-state index in [0.29, 0.717) is 12.2 Å². The van der Waals surface area contributed by atoms with E-state index in [-0.39, 0.29) is 0 Å². The zero-order valence-electron chi connectivity index (χ0n) is 8.70. The fourth-order valence-electron chi connectivity index (χ4n) is 1.02. The average molecular weight is 234 g/mol. The van der Waals surface area contributed by atoms with Gasteiger partial charge in [-0.25, -0.2) is 14.6 Å². The van der Waals surface area contributed by atoms with Crippen molar-refractivity contribution in [3.8, 4) is 0 Å². The van der Waals surface area contributed by atoms with E-state index < -0.39 is 11.9 Å². The molecule has 0 spiro atoms. The number of nitrogens with zero attached hydrogens (tertiary/aromatic N) is 1. The quantitative estimate of drug-likeness (QED) is 0.679. The van der Waals surface area contributed by atoms with Crippen molar-refractivity contribution in [2.75, 3.05) is 0 Å². The van der Waals surface area contributed by atoms with Crippen LogP contribution < -0.4 is 0 Å². The lowest BCUT2D eigenvalue weighted by atomic mass is 10.3. The molecule has 0 aliphatic heterocycles. The van der Waals surface area contributed by atoms with Gasteiger partial charge in [-0.2, -0.15) is 0 Å². The largest absolute Gasteiger partial charge is 0.478 e. The lowest BCUT2D eigenvalue weighted by molar-refractivity contribution is -0.134.